The molecule has 0 spiro atoms. The number of hydrogen-bond donors (Lipinski definition) is 1. The van der Waals surface area contributed by atoms with Gasteiger partial charge in [0.1, 0.15) is 0 Å². The summed E-state index contributed by atoms with van der Waals surface area (Å²) in [5.41, 5.74) is 6.70. The zero-order chi connectivity index (χ0) is 18.1. The Morgan fingerprint density at radius 3 is 2.40 bits per heavy atom. The van der Waals surface area contributed by atoms with E-state index in [1.165, 1.54) is 23.9 Å². The summed E-state index contributed by atoms with van der Waals surface area (Å²) in [7, 11) is 0. The topological polar surface area (TPSA) is 89.5 Å². The Balaban J connectivity index is 1.95. The smallest absolute Gasteiger partial charge is 0.269 e. The Kier molecular flexibility index (Phi) is 7.43. The summed E-state index contributed by atoms with van der Waals surface area (Å²) in [4.78, 5) is 25.4. The largest absolute Gasteiger partial charge is 0.338 e. The van der Waals surface area contributed by atoms with Gasteiger partial charge in [-0.2, -0.15) is 0 Å². The first kappa shape index (κ1) is 19.0. The van der Waals surface area contributed by atoms with Crippen LogP contribution >= 0.6 is 11.8 Å². The maximum Gasteiger partial charge on any atom is 0.269 e. The minimum Gasteiger partial charge on any atom is -0.338 e. The van der Waals surface area contributed by atoms with Crippen molar-refractivity contribution in [2.75, 3.05) is 18.8 Å². The first-order valence-electron chi connectivity index (χ1n) is 7.99. The van der Waals surface area contributed by atoms with Gasteiger partial charge < -0.3 is 10.6 Å². The van der Waals surface area contributed by atoms with E-state index >= 15 is 0 Å². The van der Waals surface area contributed by atoms with Crippen molar-refractivity contribution in [2.45, 2.75) is 17.9 Å². The van der Waals surface area contributed by atoms with Crippen LogP contribution in [0.3, 0.4) is 0 Å². The zero-order valence-electron chi connectivity index (χ0n) is 13.8. The number of carbonyl (C=O) groups is 1. The van der Waals surface area contributed by atoms with Gasteiger partial charge in [-0.15, -0.1) is 11.8 Å². The van der Waals surface area contributed by atoms with Crippen LogP contribution in [0.15, 0.2) is 59.5 Å². The summed E-state index contributed by atoms with van der Waals surface area (Å²) in [6.07, 6.45) is 0.751. The molecule has 2 aromatic carbocycles. The number of thioether (sulfide) groups is 1. The fourth-order valence-electron chi connectivity index (χ4n) is 2.28. The molecular weight excluding hydrogens is 338 g/mol. The van der Waals surface area contributed by atoms with Crippen molar-refractivity contribution in [1.29, 1.82) is 0 Å². The van der Waals surface area contributed by atoms with E-state index in [0.717, 1.165) is 16.9 Å². The number of benzene rings is 2. The number of carbonyl (C=O) groups excluding carboxylic acids is 1. The van der Waals surface area contributed by atoms with E-state index in [4.69, 9.17) is 5.73 Å². The lowest BCUT2D eigenvalue weighted by Crippen LogP contribution is -2.33. The molecule has 0 aliphatic heterocycles. The van der Waals surface area contributed by atoms with Gasteiger partial charge in [0.25, 0.3) is 5.69 Å². The third-order valence-corrected chi connectivity index (χ3v) is 4.61. The molecule has 132 valence electrons. The Hall–Kier alpha value is -2.38. The fourth-order valence-corrected chi connectivity index (χ4v) is 3.08. The van der Waals surface area contributed by atoms with Gasteiger partial charge in [-0.25, -0.2) is 0 Å². The van der Waals surface area contributed by atoms with Crippen LogP contribution < -0.4 is 5.73 Å². The predicted molar refractivity (Wildman–Crippen MR) is 99.4 cm³/mol. The molecule has 0 aromatic heterocycles. The summed E-state index contributed by atoms with van der Waals surface area (Å²) in [6, 6.07) is 16.1. The predicted octanol–water partition coefficient (Wildman–Crippen LogP) is 3.06. The third kappa shape index (κ3) is 6.21. The third-order valence-electron chi connectivity index (χ3n) is 3.61. The van der Waals surface area contributed by atoms with E-state index in [1.54, 1.807) is 17.0 Å². The minimum atomic E-state index is -0.436. The van der Waals surface area contributed by atoms with Crippen LogP contribution in [0.25, 0.3) is 0 Å². The molecule has 0 bridgehead atoms. The van der Waals surface area contributed by atoms with Crippen molar-refractivity contribution in [3.63, 3.8) is 0 Å². The highest BCUT2D eigenvalue weighted by atomic mass is 32.2. The van der Waals surface area contributed by atoms with Crippen molar-refractivity contribution in [3.05, 3.63) is 70.3 Å². The number of amides is 1. The van der Waals surface area contributed by atoms with Crippen molar-refractivity contribution in [1.82, 2.24) is 4.90 Å². The first-order valence-corrected chi connectivity index (χ1v) is 8.97. The van der Waals surface area contributed by atoms with Crippen molar-refractivity contribution in [2.24, 2.45) is 5.73 Å². The van der Waals surface area contributed by atoms with Gasteiger partial charge in [-0.1, -0.05) is 30.3 Å². The molecule has 7 heteroatoms. The summed E-state index contributed by atoms with van der Waals surface area (Å²) in [5, 5.41) is 10.7. The molecule has 0 saturated carbocycles. The highest BCUT2D eigenvalue weighted by Gasteiger charge is 2.14. The van der Waals surface area contributed by atoms with E-state index < -0.39 is 4.92 Å². The molecule has 0 aliphatic carbocycles. The zero-order valence-corrected chi connectivity index (χ0v) is 14.7. The molecule has 0 radical (unpaired) electrons. The molecule has 6 nitrogen and oxygen atoms in total. The highest BCUT2D eigenvalue weighted by Crippen LogP contribution is 2.22. The molecular formula is C18H21N3O3S. The fraction of sp³-hybridized carbons (Fsp3) is 0.278. The van der Waals surface area contributed by atoms with E-state index in [0.29, 0.717) is 19.6 Å². The van der Waals surface area contributed by atoms with Gasteiger partial charge in [0.2, 0.25) is 5.91 Å². The van der Waals surface area contributed by atoms with Crippen LogP contribution in [0.2, 0.25) is 0 Å². The molecule has 0 fully saturated rings. The van der Waals surface area contributed by atoms with Crippen LogP contribution in [0, 0.1) is 10.1 Å². The molecule has 1 amide bonds. The highest BCUT2D eigenvalue weighted by molar-refractivity contribution is 8.00. The van der Waals surface area contributed by atoms with Gasteiger partial charge in [-0.3, -0.25) is 14.9 Å². The van der Waals surface area contributed by atoms with E-state index in [2.05, 4.69) is 0 Å². The monoisotopic (exact) mass is 359 g/mol. The quantitative estimate of drug-likeness (QED) is 0.422. The lowest BCUT2D eigenvalue weighted by molar-refractivity contribution is -0.384. The minimum absolute atomic E-state index is 0.0284. The molecule has 0 saturated heterocycles. The second-order valence-corrected chi connectivity index (χ2v) is 6.53. The van der Waals surface area contributed by atoms with Crippen molar-refractivity contribution >= 4 is 23.4 Å². The maximum atomic E-state index is 12.6. The SMILES string of the molecule is NCCCN(Cc1ccccc1)C(=O)CSc1ccc([N+](=O)[O-])cc1. The van der Waals surface area contributed by atoms with Crippen LogP contribution in [0.4, 0.5) is 5.69 Å². The first-order chi connectivity index (χ1) is 12.1. The summed E-state index contributed by atoms with van der Waals surface area (Å²) < 4.78 is 0. The van der Waals surface area contributed by atoms with Crippen LogP contribution in [-0.2, 0) is 11.3 Å². The van der Waals surface area contributed by atoms with Gasteiger partial charge >= 0.3 is 0 Å². The maximum absolute atomic E-state index is 12.6. The van der Waals surface area contributed by atoms with E-state index in [9.17, 15) is 14.9 Å². The number of non-ortho nitro benzene ring substituents is 1. The molecule has 2 rings (SSSR count). The Morgan fingerprint density at radius 1 is 1.12 bits per heavy atom. The average molecular weight is 359 g/mol. The van der Waals surface area contributed by atoms with Crippen molar-refractivity contribution in [3.8, 4) is 0 Å². The normalized spacial score (nSPS) is 10.4. The van der Waals surface area contributed by atoms with Gasteiger partial charge in [0.15, 0.2) is 0 Å². The number of rotatable bonds is 9. The molecule has 0 heterocycles. The Labute approximate surface area is 151 Å². The number of nitrogens with zero attached hydrogens (tertiary/aromatic N) is 2. The molecule has 2 N–H and O–H groups in total. The lowest BCUT2D eigenvalue weighted by atomic mass is 10.2. The molecule has 0 atom stereocenters. The Bertz CT molecular complexity index is 692. The molecule has 25 heavy (non-hydrogen) atoms. The summed E-state index contributed by atoms with van der Waals surface area (Å²) >= 11 is 1.38. The van der Waals surface area contributed by atoms with Crippen molar-refractivity contribution < 1.29 is 9.72 Å². The van der Waals surface area contributed by atoms with Crippen LogP contribution in [0.5, 0.6) is 0 Å². The number of nitro benzene ring substituents is 1. The summed E-state index contributed by atoms with van der Waals surface area (Å²) in [5.74, 6) is 0.315. The van der Waals surface area contributed by atoms with E-state index in [1.807, 2.05) is 30.3 Å². The second kappa shape index (κ2) is 9.80. The van der Waals surface area contributed by atoms with Crippen LogP contribution in [-0.4, -0.2) is 34.6 Å². The molecule has 2 aromatic rings. The summed E-state index contributed by atoms with van der Waals surface area (Å²) in [6.45, 7) is 1.71. The number of hydrogen-bond acceptors (Lipinski definition) is 5. The van der Waals surface area contributed by atoms with Crippen LogP contribution in [0.1, 0.15) is 12.0 Å². The average Bonchev–Trinajstić information content (AvgIpc) is 2.64. The number of nitro groups is 1. The van der Waals surface area contributed by atoms with Gasteiger partial charge in [0.05, 0.1) is 10.7 Å². The van der Waals surface area contributed by atoms with Gasteiger partial charge in [-0.05, 0) is 30.7 Å². The second-order valence-electron chi connectivity index (χ2n) is 5.48. The standard InChI is InChI=1S/C18H21N3O3S/c19-11-4-12-20(13-15-5-2-1-3-6-15)18(22)14-25-17-9-7-16(8-10-17)21(23)24/h1-3,5-10H,4,11-14,19H2. The molecule has 0 unspecified atom stereocenters. The van der Waals surface area contributed by atoms with E-state index in [-0.39, 0.29) is 17.3 Å². The molecule has 0 aliphatic rings. The van der Waals surface area contributed by atoms with Gasteiger partial charge in [0, 0.05) is 30.1 Å². The lowest BCUT2D eigenvalue weighted by Gasteiger charge is -2.22. The Morgan fingerprint density at radius 2 is 1.80 bits per heavy atom. The number of nitrogens with two attached hydrogens (primary N) is 1.